The zero-order valence-corrected chi connectivity index (χ0v) is 12.4. The highest BCUT2D eigenvalue weighted by Crippen LogP contribution is 2.30. The van der Waals surface area contributed by atoms with Crippen LogP contribution in [0, 0.1) is 5.41 Å². The van der Waals surface area contributed by atoms with E-state index < -0.39 is 37.9 Å². The second-order valence-corrected chi connectivity index (χ2v) is 7.88. The van der Waals surface area contributed by atoms with Crippen molar-refractivity contribution >= 4 is 21.7 Å². The fourth-order valence-electron chi connectivity index (χ4n) is 1.03. The highest BCUT2D eigenvalue weighted by atomic mass is 32.2. The number of sulfone groups is 1. The smallest absolute Gasteiger partial charge is 0.311 e. The Kier molecular flexibility index (Phi) is 4.57. The van der Waals surface area contributed by atoms with Crippen molar-refractivity contribution in [1.82, 2.24) is 5.32 Å². The van der Waals surface area contributed by atoms with Gasteiger partial charge in [0.15, 0.2) is 9.84 Å². The lowest BCUT2D eigenvalue weighted by Gasteiger charge is -2.39. The quantitative estimate of drug-likeness (QED) is 0.760. The van der Waals surface area contributed by atoms with Crippen LogP contribution in [-0.2, 0) is 19.4 Å². The number of rotatable bonds is 5. The minimum atomic E-state index is -3.50. The van der Waals surface area contributed by atoms with Crippen LogP contribution in [-0.4, -0.2) is 42.4 Å². The molecule has 0 saturated heterocycles. The Morgan fingerprint density at radius 1 is 1.17 bits per heavy atom. The minimum Gasteiger partial charge on any atom is -0.481 e. The molecule has 0 radical (unpaired) electrons. The zero-order chi connectivity index (χ0) is 14.9. The van der Waals surface area contributed by atoms with Crippen LogP contribution < -0.4 is 5.32 Å². The summed E-state index contributed by atoms with van der Waals surface area (Å²) in [5, 5.41) is 10.4. The van der Waals surface area contributed by atoms with Crippen LogP contribution in [0.2, 0.25) is 0 Å². The molecule has 0 aromatic heterocycles. The van der Waals surface area contributed by atoms with E-state index in [1.165, 1.54) is 20.8 Å². The van der Waals surface area contributed by atoms with E-state index in [2.05, 4.69) is 5.32 Å². The molecule has 0 aromatic carbocycles. The largest absolute Gasteiger partial charge is 0.481 e. The number of nitrogens with one attached hydrogen (secondary N) is 1. The molecule has 7 heteroatoms. The Morgan fingerprint density at radius 3 is 1.83 bits per heavy atom. The summed E-state index contributed by atoms with van der Waals surface area (Å²) < 4.78 is 22.5. The molecule has 2 N–H and O–H groups in total. The van der Waals surface area contributed by atoms with E-state index in [0.29, 0.717) is 0 Å². The van der Waals surface area contributed by atoms with Crippen molar-refractivity contribution in [3.63, 3.8) is 0 Å². The number of carboxylic acid groups (broad SMARTS) is 1. The van der Waals surface area contributed by atoms with Crippen LogP contribution in [0.1, 0.15) is 34.6 Å². The third-order valence-corrected chi connectivity index (χ3v) is 5.04. The number of carboxylic acids is 1. The summed E-state index contributed by atoms with van der Waals surface area (Å²) in [6.07, 6.45) is 0.965. The molecule has 0 aliphatic heterocycles. The fourth-order valence-corrected chi connectivity index (χ4v) is 1.48. The van der Waals surface area contributed by atoms with Crippen LogP contribution in [0.3, 0.4) is 0 Å². The maximum absolute atomic E-state index is 11.8. The van der Waals surface area contributed by atoms with Gasteiger partial charge in [-0.1, -0.05) is 0 Å². The van der Waals surface area contributed by atoms with Crippen LogP contribution >= 0.6 is 0 Å². The second kappa shape index (κ2) is 4.87. The Balaban J connectivity index is 5.13. The molecule has 1 atom stereocenters. The maximum Gasteiger partial charge on any atom is 0.311 e. The van der Waals surface area contributed by atoms with Crippen molar-refractivity contribution in [1.29, 1.82) is 0 Å². The van der Waals surface area contributed by atoms with Crippen molar-refractivity contribution < 1.29 is 23.1 Å². The first-order chi connectivity index (χ1) is 7.73. The van der Waals surface area contributed by atoms with Gasteiger partial charge in [-0.3, -0.25) is 9.59 Å². The lowest BCUT2D eigenvalue weighted by atomic mass is 9.74. The van der Waals surface area contributed by atoms with Gasteiger partial charge in [0.25, 0.3) is 0 Å². The van der Waals surface area contributed by atoms with Crippen molar-refractivity contribution in [2.75, 3.05) is 6.26 Å². The fraction of sp³-hybridized carbons (Fsp3) is 0.818. The number of hydrogen-bond donors (Lipinski definition) is 2. The molecule has 0 aliphatic carbocycles. The van der Waals surface area contributed by atoms with Gasteiger partial charge in [0.2, 0.25) is 5.91 Å². The standard InChI is InChI=1S/C11H21NO5S/c1-7(18(6,16)17)8(13)12-11(4,5)10(2,3)9(14)15/h7H,1-6H3,(H,12,13)(H,14,15). The van der Waals surface area contributed by atoms with Gasteiger partial charge in [-0.15, -0.1) is 0 Å². The molecule has 106 valence electrons. The Labute approximate surface area is 108 Å². The molecule has 0 spiro atoms. The number of carbonyl (C=O) groups excluding carboxylic acids is 1. The van der Waals surface area contributed by atoms with Gasteiger partial charge in [0.05, 0.1) is 11.0 Å². The van der Waals surface area contributed by atoms with Crippen molar-refractivity contribution in [2.45, 2.75) is 45.4 Å². The predicted octanol–water partition coefficient (Wildman–Crippen LogP) is 0.425. The molecule has 18 heavy (non-hydrogen) atoms. The monoisotopic (exact) mass is 279 g/mol. The van der Waals surface area contributed by atoms with Gasteiger partial charge < -0.3 is 10.4 Å². The molecule has 0 saturated carbocycles. The SMILES string of the molecule is CC(C(=O)NC(C)(C)C(C)(C)C(=O)O)S(C)(=O)=O. The molecule has 0 fully saturated rings. The molecule has 6 nitrogen and oxygen atoms in total. The van der Waals surface area contributed by atoms with E-state index in [0.717, 1.165) is 6.26 Å². The number of hydrogen-bond acceptors (Lipinski definition) is 4. The molecule has 1 unspecified atom stereocenters. The van der Waals surface area contributed by atoms with Crippen LogP contribution in [0.5, 0.6) is 0 Å². The van der Waals surface area contributed by atoms with Crippen molar-refractivity contribution in [3.8, 4) is 0 Å². The summed E-state index contributed by atoms with van der Waals surface area (Å²) in [6.45, 7) is 7.32. The van der Waals surface area contributed by atoms with Crippen LogP contribution in [0.4, 0.5) is 0 Å². The first-order valence-corrected chi connectivity index (χ1v) is 7.43. The average molecular weight is 279 g/mol. The molecule has 0 aliphatic rings. The van der Waals surface area contributed by atoms with Crippen LogP contribution in [0.15, 0.2) is 0 Å². The lowest BCUT2D eigenvalue weighted by Crippen LogP contribution is -2.59. The van der Waals surface area contributed by atoms with E-state index >= 15 is 0 Å². The minimum absolute atomic E-state index is 0.697. The normalized spacial score (nSPS) is 15.0. The van der Waals surface area contributed by atoms with E-state index in [9.17, 15) is 18.0 Å². The summed E-state index contributed by atoms with van der Waals surface area (Å²) in [5.74, 6) is -1.77. The molecular formula is C11H21NO5S. The van der Waals surface area contributed by atoms with Crippen molar-refractivity contribution in [3.05, 3.63) is 0 Å². The average Bonchev–Trinajstić information content (AvgIpc) is 2.13. The zero-order valence-electron chi connectivity index (χ0n) is 11.6. The second-order valence-electron chi connectivity index (χ2n) is 5.52. The third kappa shape index (κ3) is 3.44. The van der Waals surface area contributed by atoms with E-state index in [-0.39, 0.29) is 0 Å². The first kappa shape index (κ1) is 16.9. The molecule has 0 bridgehead atoms. The van der Waals surface area contributed by atoms with Gasteiger partial charge in [-0.2, -0.15) is 0 Å². The molecule has 0 aromatic rings. The molecular weight excluding hydrogens is 258 g/mol. The van der Waals surface area contributed by atoms with Crippen molar-refractivity contribution in [2.24, 2.45) is 5.41 Å². The van der Waals surface area contributed by atoms with Gasteiger partial charge >= 0.3 is 5.97 Å². The van der Waals surface area contributed by atoms with E-state index in [4.69, 9.17) is 5.11 Å². The highest BCUT2D eigenvalue weighted by Gasteiger charge is 2.45. The van der Waals surface area contributed by atoms with Gasteiger partial charge in [-0.05, 0) is 34.6 Å². The summed E-state index contributed by atoms with van der Waals surface area (Å²) in [7, 11) is -3.50. The number of aliphatic carboxylic acids is 1. The first-order valence-electron chi connectivity index (χ1n) is 5.48. The van der Waals surface area contributed by atoms with E-state index in [1.807, 2.05) is 0 Å². The summed E-state index contributed by atoms with van der Waals surface area (Å²) >= 11 is 0. The van der Waals surface area contributed by atoms with Gasteiger partial charge in [-0.25, -0.2) is 8.42 Å². The maximum atomic E-state index is 11.8. The van der Waals surface area contributed by atoms with Gasteiger partial charge in [0, 0.05) is 6.26 Å². The Bertz CT molecular complexity index is 450. The topological polar surface area (TPSA) is 101 Å². The molecule has 0 rings (SSSR count). The Morgan fingerprint density at radius 2 is 1.56 bits per heavy atom. The van der Waals surface area contributed by atoms with Gasteiger partial charge in [0.1, 0.15) is 5.25 Å². The van der Waals surface area contributed by atoms with E-state index in [1.54, 1.807) is 13.8 Å². The Hall–Kier alpha value is -1.11. The molecule has 1 amide bonds. The lowest BCUT2D eigenvalue weighted by molar-refractivity contribution is -0.151. The highest BCUT2D eigenvalue weighted by molar-refractivity contribution is 7.92. The molecule has 0 heterocycles. The predicted molar refractivity (Wildman–Crippen MR) is 67.9 cm³/mol. The summed E-state index contributed by atoms with van der Waals surface area (Å²) in [6, 6.07) is 0. The summed E-state index contributed by atoms with van der Waals surface area (Å²) in [4.78, 5) is 22.9. The number of carbonyl (C=O) groups is 2. The third-order valence-electron chi connectivity index (χ3n) is 3.54. The summed E-state index contributed by atoms with van der Waals surface area (Å²) in [5.41, 5.74) is -2.30. The van der Waals surface area contributed by atoms with Crippen LogP contribution in [0.25, 0.3) is 0 Å². The number of amides is 1.